The first-order valence-electron chi connectivity index (χ1n) is 12.7. The van der Waals surface area contributed by atoms with Crippen molar-refractivity contribution in [3.05, 3.63) is 76.1 Å². The van der Waals surface area contributed by atoms with Crippen LogP contribution in [0, 0.1) is 6.17 Å². The van der Waals surface area contributed by atoms with Crippen LogP contribution in [0.2, 0.25) is 0 Å². The molecule has 3 aromatic rings. The lowest BCUT2D eigenvalue weighted by Gasteiger charge is -2.42. The number of imidazole rings is 1. The molecular weight excluding hydrogens is 497 g/mol. The average Bonchev–Trinajstić information content (AvgIpc) is 3.42. The summed E-state index contributed by atoms with van der Waals surface area (Å²) in [7, 11) is 3.85. The fourth-order valence-corrected chi connectivity index (χ4v) is 5.76. The van der Waals surface area contributed by atoms with E-state index in [4.69, 9.17) is 4.74 Å². The van der Waals surface area contributed by atoms with Gasteiger partial charge in [0.1, 0.15) is 0 Å². The molecule has 0 saturated carbocycles. The quantitative estimate of drug-likeness (QED) is 0.468. The Labute approximate surface area is 217 Å². The van der Waals surface area contributed by atoms with Crippen LogP contribution in [-0.4, -0.2) is 65.2 Å². The van der Waals surface area contributed by atoms with Gasteiger partial charge in [-0.1, -0.05) is 12.1 Å². The Hall–Kier alpha value is -3.31. The smallest absolute Gasteiger partial charge is 0.379 e. The predicted octanol–water partition coefficient (Wildman–Crippen LogP) is 4.20. The first kappa shape index (κ1) is 25.0. The highest BCUT2D eigenvalue weighted by Gasteiger charge is 2.46. The third-order valence-corrected chi connectivity index (χ3v) is 7.98. The number of piperidine rings is 1. The van der Waals surface area contributed by atoms with Crippen molar-refractivity contribution in [1.29, 1.82) is 0 Å². The summed E-state index contributed by atoms with van der Waals surface area (Å²) in [6, 6.07) is 8.61. The molecule has 5 heterocycles. The molecule has 38 heavy (non-hydrogen) atoms. The Balaban J connectivity index is 1.42. The first-order valence-corrected chi connectivity index (χ1v) is 12.7. The van der Waals surface area contributed by atoms with Crippen LogP contribution in [-0.2, 0) is 16.3 Å². The molecule has 0 amide bonds. The molecule has 11 heteroatoms. The van der Waals surface area contributed by atoms with Crippen molar-refractivity contribution in [2.24, 2.45) is 10.2 Å². The molecule has 0 N–H and O–H groups in total. The van der Waals surface area contributed by atoms with Gasteiger partial charge >= 0.3 is 24.4 Å². The number of aromatic nitrogens is 2. The molecule has 2 aromatic heterocycles. The number of hydrogen-bond donors (Lipinski definition) is 0. The molecule has 2 fully saturated rings. The van der Waals surface area contributed by atoms with Crippen LogP contribution < -0.4 is 5.69 Å². The van der Waals surface area contributed by atoms with Crippen LogP contribution in [0.1, 0.15) is 41.9 Å². The van der Waals surface area contributed by atoms with E-state index in [2.05, 4.69) is 15.1 Å². The Kier molecular flexibility index (Phi) is 6.03. The van der Waals surface area contributed by atoms with Gasteiger partial charge in [0, 0.05) is 30.8 Å². The number of benzene rings is 1. The SMILES string of the molecule is CN1CCCC(c2cc(C(F)(F)F)c3cn(-c4cccc(C5(C[C]6N=NC=[N+]6C)COC5)c4)c(=O)n3c2)C1. The van der Waals surface area contributed by atoms with E-state index in [1.165, 1.54) is 16.8 Å². The monoisotopic (exact) mass is 526 g/mol. The maximum Gasteiger partial charge on any atom is 0.418 e. The normalized spacial score (nSPS) is 22.1. The van der Waals surface area contributed by atoms with Crippen molar-refractivity contribution in [3.8, 4) is 5.69 Å². The number of pyridine rings is 1. The van der Waals surface area contributed by atoms with Gasteiger partial charge in [0.05, 0.1) is 42.1 Å². The molecular formula is C27H29F3N6O2+. The maximum atomic E-state index is 14.2. The molecule has 1 radical (unpaired) electrons. The Bertz CT molecular complexity index is 1500. The fraction of sp³-hybridized carbons (Fsp3) is 0.444. The summed E-state index contributed by atoms with van der Waals surface area (Å²) in [5.74, 6) is -0.0584. The minimum atomic E-state index is -4.59. The molecule has 1 atom stereocenters. The number of hydrogen-bond acceptors (Lipinski definition) is 5. The Morgan fingerprint density at radius 2 is 2.03 bits per heavy atom. The largest absolute Gasteiger partial charge is 0.418 e. The average molecular weight is 527 g/mol. The first-order chi connectivity index (χ1) is 18.1. The van der Waals surface area contributed by atoms with Gasteiger partial charge in [-0.05, 0) is 66.8 Å². The van der Waals surface area contributed by atoms with Crippen molar-refractivity contribution in [2.45, 2.75) is 36.8 Å². The van der Waals surface area contributed by atoms with Crippen molar-refractivity contribution >= 4 is 11.9 Å². The number of halogens is 3. The molecule has 0 spiro atoms. The van der Waals surface area contributed by atoms with Crippen LogP contribution in [0.15, 0.2) is 57.7 Å². The number of ether oxygens (including phenoxy) is 1. The highest BCUT2D eigenvalue weighted by molar-refractivity contribution is 5.58. The highest BCUT2D eigenvalue weighted by atomic mass is 19.4. The Morgan fingerprint density at radius 3 is 2.68 bits per heavy atom. The Morgan fingerprint density at radius 1 is 1.21 bits per heavy atom. The summed E-state index contributed by atoms with van der Waals surface area (Å²) in [5, 5.41) is 8.17. The third-order valence-electron chi connectivity index (χ3n) is 7.98. The number of likely N-dealkylation sites (N-methyl/N-ethyl adjacent to an activating group) is 1. The van der Waals surface area contributed by atoms with Gasteiger partial charge in [0.25, 0.3) is 0 Å². The van der Waals surface area contributed by atoms with Gasteiger partial charge in [-0.15, -0.1) is 0 Å². The maximum absolute atomic E-state index is 14.2. The molecule has 0 bridgehead atoms. The molecule has 2 saturated heterocycles. The summed E-state index contributed by atoms with van der Waals surface area (Å²) >= 11 is 0. The number of likely N-dealkylation sites (tertiary alicyclic amines) is 1. The number of rotatable bonds is 5. The van der Waals surface area contributed by atoms with E-state index >= 15 is 0 Å². The van der Waals surface area contributed by atoms with Crippen molar-refractivity contribution < 1.29 is 22.5 Å². The summed E-state index contributed by atoms with van der Waals surface area (Å²) in [4.78, 5) is 15.7. The van der Waals surface area contributed by atoms with Crippen LogP contribution in [0.5, 0.6) is 0 Å². The zero-order valence-electron chi connectivity index (χ0n) is 21.3. The van der Waals surface area contributed by atoms with Crippen LogP contribution in [0.25, 0.3) is 11.2 Å². The standard InChI is InChI=1S/C27H29F3N6O2/c1-33-8-4-5-18(12-33)19-9-22(27(28,29)30)23-14-35(25(37)36(23)13-19)21-7-3-6-20(10-21)26(15-38-16-26)11-24-32-31-17-34(24)2/h3,6-7,9-10,13-14,17-18H,4-5,8,11-12,15-16H2,1-2H3/q+1. The topological polar surface area (TPSA) is 66.6 Å². The second kappa shape index (κ2) is 9.16. The van der Waals surface area contributed by atoms with E-state index in [9.17, 15) is 18.0 Å². The number of nitrogens with zero attached hydrogens (tertiary/aromatic N) is 6. The summed E-state index contributed by atoms with van der Waals surface area (Å²) in [6.45, 7) is 2.54. The third kappa shape index (κ3) is 4.27. The van der Waals surface area contributed by atoms with Gasteiger partial charge in [-0.2, -0.15) is 13.2 Å². The molecule has 3 aliphatic rings. The summed E-state index contributed by atoms with van der Waals surface area (Å²) < 4.78 is 52.5. The molecule has 199 valence electrons. The van der Waals surface area contributed by atoms with Crippen LogP contribution >= 0.6 is 0 Å². The van der Waals surface area contributed by atoms with Crippen molar-refractivity contribution in [1.82, 2.24) is 13.9 Å². The lowest BCUT2D eigenvalue weighted by molar-refractivity contribution is -0.478. The van der Waals surface area contributed by atoms with Crippen LogP contribution in [0.3, 0.4) is 0 Å². The van der Waals surface area contributed by atoms with E-state index in [0.717, 1.165) is 35.5 Å². The number of azo groups is 1. The van der Waals surface area contributed by atoms with Gasteiger partial charge in [-0.3, -0.25) is 8.97 Å². The lowest BCUT2D eigenvalue weighted by atomic mass is 9.75. The van der Waals surface area contributed by atoms with E-state index in [0.29, 0.717) is 37.4 Å². The zero-order valence-corrected chi connectivity index (χ0v) is 21.3. The van der Waals surface area contributed by atoms with Gasteiger partial charge in [-0.25, -0.2) is 9.37 Å². The second-order valence-electron chi connectivity index (χ2n) is 10.7. The fourth-order valence-electron chi connectivity index (χ4n) is 5.76. The van der Waals surface area contributed by atoms with Gasteiger partial charge in [0.2, 0.25) is 0 Å². The lowest BCUT2D eigenvalue weighted by Crippen LogP contribution is -2.48. The van der Waals surface area contributed by atoms with Crippen molar-refractivity contribution in [3.63, 3.8) is 0 Å². The highest BCUT2D eigenvalue weighted by Crippen LogP contribution is 2.41. The minimum absolute atomic E-state index is 0.0584. The van der Waals surface area contributed by atoms with Gasteiger partial charge < -0.3 is 9.64 Å². The molecule has 1 unspecified atom stereocenters. The van der Waals surface area contributed by atoms with E-state index in [1.807, 2.05) is 36.9 Å². The summed E-state index contributed by atoms with van der Waals surface area (Å²) in [5.41, 5.74) is 0.167. The summed E-state index contributed by atoms with van der Waals surface area (Å²) in [6.07, 6.45) is 3.04. The number of alkyl halides is 3. The molecule has 1 aromatic carbocycles. The van der Waals surface area contributed by atoms with E-state index in [1.54, 1.807) is 18.6 Å². The van der Waals surface area contributed by atoms with Crippen molar-refractivity contribution in [2.75, 3.05) is 40.4 Å². The molecule has 6 rings (SSSR count). The molecule has 0 aliphatic carbocycles. The van der Waals surface area contributed by atoms with Crippen LogP contribution in [0.4, 0.5) is 13.2 Å². The predicted molar refractivity (Wildman–Crippen MR) is 135 cm³/mol. The van der Waals surface area contributed by atoms with Gasteiger partial charge in [0.15, 0.2) is 0 Å². The minimum Gasteiger partial charge on any atom is -0.379 e. The van der Waals surface area contributed by atoms with E-state index in [-0.39, 0.29) is 16.8 Å². The van der Waals surface area contributed by atoms with E-state index < -0.39 is 17.4 Å². The second-order valence-corrected chi connectivity index (χ2v) is 10.7. The molecule has 8 nitrogen and oxygen atoms in total. The zero-order chi connectivity index (χ0) is 26.7. The molecule has 3 aliphatic heterocycles. The number of fused-ring (bicyclic) bond motifs is 1.